The summed E-state index contributed by atoms with van der Waals surface area (Å²) < 4.78 is 0. The molecule has 0 aliphatic carbocycles. The van der Waals surface area contributed by atoms with Gasteiger partial charge in [0.15, 0.2) is 0 Å². The van der Waals surface area contributed by atoms with E-state index in [-0.39, 0.29) is 0 Å². The van der Waals surface area contributed by atoms with Crippen LogP contribution in [-0.4, -0.2) is 9.97 Å². The second kappa shape index (κ2) is 7.72. The van der Waals surface area contributed by atoms with E-state index in [1.807, 2.05) is 18.6 Å². The van der Waals surface area contributed by atoms with Crippen molar-refractivity contribution in [3.8, 4) is 0 Å². The van der Waals surface area contributed by atoms with Crippen LogP contribution in [0.25, 0.3) is 0 Å². The number of hydrogen-bond donors (Lipinski definition) is 0. The summed E-state index contributed by atoms with van der Waals surface area (Å²) >= 11 is 0. The average molecular weight is 310 g/mol. The van der Waals surface area contributed by atoms with Gasteiger partial charge < -0.3 is 0 Å². The molecule has 0 N–H and O–H groups in total. The highest BCUT2D eigenvalue weighted by Gasteiger charge is 2.24. The Morgan fingerprint density at radius 1 is 0.957 bits per heavy atom. The molecule has 23 heavy (non-hydrogen) atoms. The normalized spacial score (nSPS) is 14.5. The molecule has 0 saturated carbocycles. The fourth-order valence-electron chi connectivity index (χ4n) is 3.42. The standard InChI is InChI=1S/C21H30N2/c1-6-17(18-7-10-22-11-8-18)14-20(15-21(3,4)5)19-9-12-23-16(2)13-19/h7-13,17,20H,6,14-15H2,1-5H3. The molecule has 2 aromatic rings. The minimum absolute atomic E-state index is 0.318. The Kier molecular flexibility index (Phi) is 5.92. The second-order valence-electron chi connectivity index (χ2n) is 7.81. The van der Waals surface area contributed by atoms with Gasteiger partial charge in [0.25, 0.3) is 0 Å². The van der Waals surface area contributed by atoms with Gasteiger partial charge in [0.2, 0.25) is 0 Å². The van der Waals surface area contributed by atoms with Gasteiger partial charge in [-0.05, 0) is 78.8 Å². The topological polar surface area (TPSA) is 25.8 Å². The highest BCUT2D eigenvalue weighted by molar-refractivity contribution is 5.23. The first-order chi connectivity index (χ1) is 10.9. The molecule has 0 saturated heterocycles. The number of nitrogens with zero attached hydrogens (tertiary/aromatic N) is 2. The van der Waals surface area contributed by atoms with Crippen LogP contribution in [0.3, 0.4) is 0 Å². The minimum atomic E-state index is 0.318. The first-order valence-corrected chi connectivity index (χ1v) is 8.71. The van der Waals surface area contributed by atoms with Gasteiger partial charge in [0, 0.05) is 24.3 Å². The van der Waals surface area contributed by atoms with Crippen LogP contribution < -0.4 is 0 Å². The number of hydrogen-bond acceptors (Lipinski definition) is 2. The van der Waals surface area contributed by atoms with Gasteiger partial charge in [-0.25, -0.2) is 0 Å². The van der Waals surface area contributed by atoms with Gasteiger partial charge in [-0.3, -0.25) is 9.97 Å². The highest BCUT2D eigenvalue weighted by atomic mass is 14.6. The molecule has 2 nitrogen and oxygen atoms in total. The van der Waals surface area contributed by atoms with Crippen LogP contribution in [-0.2, 0) is 0 Å². The zero-order valence-electron chi connectivity index (χ0n) is 15.2. The summed E-state index contributed by atoms with van der Waals surface area (Å²) in [5.74, 6) is 1.15. The number of pyridine rings is 2. The minimum Gasteiger partial charge on any atom is -0.265 e. The van der Waals surface area contributed by atoms with Crippen LogP contribution in [0.2, 0.25) is 0 Å². The van der Waals surface area contributed by atoms with Crippen molar-refractivity contribution in [3.63, 3.8) is 0 Å². The molecule has 2 heteroatoms. The lowest BCUT2D eigenvalue weighted by Crippen LogP contribution is -2.15. The van der Waals surface area contributed by atoms with E-state index < -0.39 is 0 Å². The lowest BCUT2D eigenvalue weighted by atomic mass is 9.76. The van der Waals surface area contributed by atoms with E-state index in [1.54, 1.807) is 0 Å². The van der Waals surface area contributed by atoms with Gasteiger partial charge in [-0.1, -0.05) is 27.7 Å². The molecule has 0 aromatic carbocycles. The molecule has 0 radical (unpaired) electrons. The largest absolute Gasteiger partial charge is 0.265 e. The van der Waals surface area contributed by atoms with Crippen molar-refractivity contribution in [3.05, 3.63) is 59.7 Å². The molecule has 0 fully saturated rings. The smallest absolute Gasteiger partial charge is 0.0375 e. The number of rotatable bonds is 6. The van der Waals surface area contributed by atoms with Crippen molar-refractivity contribution >= 4 is 0 Å². The van der Waals surface area contributed by atoms with Gasteiger partial charge >= 0.3 is 0 Å². The van der Waals surface area contributed by atoms with Crippen molar-refractivity contribution in [1.29, 1.82) is 0 Å². The van der Waals surface area contributed by atoms with E-state index in [9.17, 15) is 0 Å². The van der Waals surface area contributed by atoms with Gasteiger partial charge in [0.05, 0.1) is 0 Å². The van der Waals surface area contributed by atoms with E-state index in [1.165, 1.54) is 24.0 Å². The Hall–Kier alpha value is -1.70. The lowest BCUT2D eigenvalue weighted by Gasteiger charge is -2.29. The van der Waals surface area contributed by atoms with Crippen LogP contribution in [0, 0.1) is 12.3 Å². The third-order valence-corrected chi connectivity index (χ3v) is 4.49. The third kappa shape index (κ3) is 5.46. The van der Waals surface area contributed by atoms with Crippen LogP contribution >= 0.6 is 0 Å². The van der Waals surface area contributed by atoms with E-state index in [2.05, 4.69) is 68.9 Å². The van der Waals surface area contributed by atoms with Crippen molar-refractivity contribution in [2.45, 2.75) is 65.7 Å². The summed E-state index contributed by atoms with van der Waals surface area (Å²) in [6, 6.07) is 8.79. The Morgan fingerprint density at radius 2 is 1.61 bits per heavy atom. The molecular weight excluding hydrogens is 280 g/mol. The van der Waals surface area contributed by atoms with E-state index in [0.717, 1.165) is 12.1 Å². The summed E-state index contributed by atoms with van der Waals surface area (Å²) in [6.07, 6.45) is 9.31. The Bertz CT molecular complexity index is 599. The Morgan fingerprint density at radius 3 is 2.17 bits per heavy atom. The van der Waals surface area contributed by atoms with Crippen LogP contribution in [0.5, 0.6) is 0 Å². The first-order valence-electron chi connectivity index (χ1n) is 8.71. The third-order valence-electron chi connectivity index (χ3n) is 4.49. The van der Waals surface area contributed by atoms with Crippen LogP contribution in [0.4, 0.5) is 0 Å². The molecule has 2 unspecified atom stereocenters. The molecule has 2 rings (SSSR count). The maximum absolute atomic E-state index is 4.37. The summed E-state index contributed by atoms with van der Waals surface area (Å²) in [7, 11) is 0. The summed E-state index contributed by atoms with van der Waals surface area (Å²) in [4.78, 5) is 8.53. The number of aryl methyl sites for hydroxylation is 1. The Balaban J connectivity index is 2.26. The van der Waals surface area contributed by atoms with E-state index in [4.69, 9.17) is 0 Å². The molecule has 2 atom stereocenters. The van der Waals surface area contributed by atoms with E-state index in [0.29, 0.717) is 17.3 Å². The molecule has 0 aliphatic heterocycles. The quantitative estimate of drug-likeness (QED) is 0.665. The zero-order chi connectivity index (χ0) is 16.9. The zero-order valence-corrected chi connectivity index (χ0v) is 15.2. The molecule has 2 heterocycles. The van der Waals surface area contributed by atoms with Crippen molar-refractivity contribution in [1.82, 2.24) is 9.97 Å². The predicted octanol–water partition coefficient (Wildman–Crippen LogP) is 5.89. The van der Waals surface area contributed by atoms with Gasteiger partial charge in [0.1, 0.15) is 0 Å². The van der Waals surface area contributed by atoms with Gasteiger partial charge in [-0.15, -0.1) is 0 Å². The van der Waals surface area contributed by atoms with Crippen molar-refractivity contribution in [2.24, 2.45) is 5.41 Å². The fraction of sp³-hybridized carbons (Fsp3) is 0.524. The molecular formula is C21H30N2. The van der Waals surface area contributed by atoms with Crippen molar-refractivity contribution < 1.29 is 0 Å². The fourth-order valence-corrected chi connectivity index (χ4v) is 3.42. The summed E-state index contributed by atoms with van der Waals surface area (Å²) in [5, 5.41) is 0. The maximum atomic E-state index is 4.37. The highest BCUT2D eigenvalue weighted by Crippen LogP contribution is 2.39. The summed E-state index contributed by atoms with van der Waals surface area (Å²) in [6.45, 7) is 11.4. The SMILES string of the molecule is CCC(CC(CC(C)(C)C)c1ccnc(C)c1)c1ccncc1. The lowest BCUT2D eigenvalue weighted by molar-refractivity contribution is 0.319. The van der Waals surface area contributed by atoms with Gasteiger partial charge in [-0.2, -0.15) is 0 Å². The predicted molar refractivity (Wildman–Crippen MR) is 97.7 cm³/mol. The summed E-state index contributed by atoms with van der Waals surface area (Å²) in [5.41, 5.74) is 4.27. The Labute approximate surface area is 141 Å². The first kappa shape index (κ1) is 17.7. The average Bonchev–Trinajstić information content (AvgIpc) is 2.51. The molecule has 0 spiro atoms. The second-order valence-corrected chi connectivity index (χ2v) is 7.81. The van der Waals surface area contributed by atoms with Crippen molar-refractivity contribution in [2.75, 3.05) is 0 Å². The maximum Gasteiger partial charge on any atom is 0.0375 e. The monoisotopic (exact) mass is 310 g/mol. The molecule has 0 bridgehead atoms. The van der Waals surface area contributed by atoms with Crippen LogP contribution in [0.15, 0.2) is 42.9 Å². The number of aromatic nitrogens is 2. The molecule has 0 amide bonds. The van der Waals surface area contributed by atoms with Crippen LogP contribution in [0.1, 0.15) is 75.6 Å². The molecule has 124 valence electrons. The molecule has 2 aromatic heterocycles. The molecule has 0 aliphatic rings. The van der Waals surface area contributed by atoms with E-state index >= 15 is 0 Å².